The summed E-state index contributed by atoms with van der Waals surface area (Å²) in [6.07, 6.45) is 0.891. The molecule has 24 heavy (non-hydrogen) atoms. The quantitative estimate of drug-likeness (QED) is 0.638. The van der Waals surface area contributed by atoms with Crippen molar-refractivity contribution in [1.82, 2.24) is 0 Å². The second-order valence-electron chi connectivity index (χ2n) is 5.77. The third-order valence-corrected chi connectivity index (χ3v) is 3.88. The summed E-state index contributed by atoms with van der Waals surface area (Å²) in [5, 5.41) is 0. The predicted molar refractivity (Wildman–Crippen MR) is 91.0 cm³/mol. The van der Waals surface area contributed by atoms with E-state index in [4.69, 9.17) is 9.47 Å². The van der Waals surface area contributed by atoms with Crippen LogP contribution in [0.1, 0.15) is 28.4 Å². The number of carbonyl (C=O) groups is 2. The van der Waals surface area contributed by atoms with Crippen molar-refractivity contribution in [2.24, 2.45) is 0 Å². The zero-order valence-corrected chi connectivity index (χ0v) is 13.6. The number of ketones is 1. The Labute approximate surface area is 140 Å². The van der Waals surface area contributed by atoms with Gasteiger partial charge in [-0.15, -0.1) is 0 Å². The fourth-order valence-electron chi connectivity index (χ4n) is 2.48. The number of hydrogen-bond acceptors (Lipinski definition) is 4. The molecule has 0 saturated heterocycles. The van der Waals surface area contributed by atoms with Gasteiger partial charge in [-0.25, -0.2) is 4.79 Å². The van der Waals surface area contributed by atoms with Crippen molar-refractivity contribution in [3.63, 3.8) is 0 Å². The van der Waals surface area contributed by atoms with E-state index in [2.05, 4.69) is 0 Å². The maximum atomic E-state index is 12.3. The van der Waals surface area contributed by atoms with Crippen LogP contribution in [0.25, 0.3) is 6.08 Å². The smallest absolute Gasteiger partial charge is 0.338 e. The van der Waals surface area contributed by atoms with Crippen LogP contribution < -0.4 is 4.74 Å². The van der Waals surface area contributed by atoms with E-state index >= 15 is 0 Å². The highest BCUT2D eigenvalue weighted by molar-refractivity contribution is 6.02. The van der Waals surface area contributed by atoms with E-state index < -0.39 is 12.1 Å². The fourth-order valence-corrected chi connectivity index (χ4v) is 2.48. The van der Waals surface area contributed by atoms with Gasteiger partial charge in [0.2, 0.25) is 5.78 Å². The van der Waals surface area contributed by atoms with Gasteiger partial charge in [0.1, 0.15) is 12.4 Å². The van der Waals surface area contributed by atoms with Crippen LogP contribution in [0, 0.1) is 6.92 Å². The molecule has 1 aliphatic rings. The van der Waals surface area contributed by atoms with Crippen LogP contribution in [0.5, 0.6) is 5.75 Å². The van der Waals surface area contributed by atoms with Crippen molar-refractivity contribution >= 4 is 17.8 Å². The minimum absolute atomic E-state index is 0.140. The van der Waals surface area contributed by atoms with E-state index in [1.807, 2.05) is 43.3 Å². The average molecular weight is 322 g/mol. The molecule has 4 heteroatoms. The highest BCUT2D eigenvalue weighted by atomic mass is 16.5. The van der Waals surface area contributed by atoms with E-state index in [1.54, 1.807) is 25.1 Å². The second-order valence-corrected chi connectivity index (χ2v) is 5.77. The van der Waals surface area contributed by atoms with Gasteiger partial charge in [-0.3, -0.25) is 4.79 Å². The van der Waals surface area contributed by atoms with Crippen LogP contribution in [-0.4, -0.2) is 24.5 Å². The Balaban J connectivity index is 1.69. The first kappa shape index (κ1) is 16.0. The molecule has 0 fully saturated rings. The zero-order valence-electron chi connectivity index (χ0n) is 13.6. The lowest BCUT2D eigenvalue weighted by Gasteiger charge is -2.18. The molecule has 0 aliphatic carbocycles. The number of esters is 1. The van der Waals surface area contributed by atoms with Gasteiger partial charge in [0, 0.05) is 11.1 Å². The highest BCUT2D eigenvalue weighted by Gasteiger charge is 2.24. The van der Waals surface area contributed by atoms with Crippen molar-refractivity contribution in [3.05, 3.63) is 70.8 Å². The van der Waals surface area contributed by atoms with E-state index in [0.717, 1.165) is 16.9 Å². The number of benzene rings is 2. The third-order valence-electron chi connectivity index (χ3n) is 3.88. The molecule has 2 aromatic rings. The molecule has 1 atom stereocenters. The first-order valence-electron chi connectivity index (χ1n) is 7.79. The number of carbonyl (C=O) groups excluding carboxylic acids is 2. The molecule has 3 rings (SSSR count). The van der Waals surface area contributed by atoms with Gasteiger partial charge < -0.3 is 9.47 Å². The standard InChI is InChI=1S/C20H18O4/c1-13-7-9-15(10-8-13)19(21)14(2)24-20(22)17-11-16-5-3-4-6-18(16)23-12-17/h3-11,14H,12H2,1-2H3/t14-/m1/s1. The van der Waals surface area contributed by atoms with Gasteiger partial charge in [-0.05, 0) is 26.0 Å². The van der Waals surface area contributed by atoms with Gasteiger partial charge in [0.25, 0.3) is 0 Å². The number of ether oxygens (including phenoxy) is 2. The van der Waals surface area contributed by atoms with Crippen LogP contribution in [0.4, 0.5) is 0 Å². The minimum atomic E-state index is -0.849. The molecule has 0 amide bonds. The molecule has 4 nitrogen and oxygen atoms in total. The van der Waals surface area contributed by atoms with E-state index in [0.29, 0.717) is 11.1 Å². The molecule has 0 N–H and O–H groups in total. The van der Waals surface area contributed by atoms with Crippen LogP contribution in [-0.2, 0) is 9.53 Å². The molecule has 0 spiro atoms. The van der Waals surface area contributed by atoms with E-state index in [9.17, 15) is 9.59 Å². The first-order chi connectivity index (χ1) is 11.5. The van der Waals surface area contributed by atoms with Gasteiger partial charge in [0.05, 0.1) is 5.57 Å². The Kier molecular flexibility index (Phi) is 4.47. The summed E-state index contributed by atoms with van der Waals surface area (Å²) < 4.78 is 10.9. The summed E-state index contributed by atoms with van der Waals surface area (Å²) in [5.41, 5.74) is 2.82. The summed E-state index contributed by atoms with van der Waals surface area (Å²) in [6.45, 7) is 3.67. The van der Waals surface area contributed by atoms with Crippen LogP contribution in [0.15, 0.2) is 54.1 Å². The summed E-state index contributed by atoms with van der Waals surface area (Å²) in [7, 11) is 0. The van der Waals surface area contributed by atoms with Crippen molar-refractivity contribution in [2.45, 2.75) is 20.0 Å². The number of rotatable bonds is 4. The summed E-state index contributed by atoms with van der Waals surface area (Å²) in [5.74, 6) is -0.0172. The normalized spacial score (nSPS) is 14.0. The molecule has 1 aliphatic heterocycles. The summed E-state index contributed by atoms with van der Waals surface area (Å²) in [6, 6.07) is 14.6. The fraction of sp³-hybridized carbons (Fsp3) is 0.200. The Morgan fingerprint density at radius 3 is 2.54 bits per heavy atom. The van der Waals surface area contributed by atoms with Crippen molar-refractivity contribution in [1.29, 1.82) is 0 Å². The highest BCUT2D eigenvalue weighted by Crippen LogP contribution is 2.26. The molecular weight excluding hydrogens is 304 g/mol. The molecule has 122 valence electrons. The number of Topliss-reactive ketones (excluding diaryl/α,β-unsaturated/α-hetero) is 1. The molecule has 0 radical (unpaired) electrons. The Morgan fingerprint density at radius 2 is 1.79 bits per heavy atom. The van der Waals surface area contributed by atoms with Crippen LogP contribution >= 0.6 is 0 Å². The Bertz CT molecular complexity index is 803. The summed E-state index contributed by atoms with van der Waals surface area (Å²) in [4.78, 5) is 24.6. The molecule has 0 aromatic heterocycles. The minimum Gasteiger partial charge on any atom is -0.488 e. The maximum Gasteiger partial charge on any atom is 0.338 e. The average Bonchev–Trinajstić information content (AvgIpc) is 2.61. The van der Waals surface area contributed by atoms with Gasteiger partial charge >= 0.3 is 5.97 Å². The maximum absolute atomic E-state index is 12.3. The van der Waals surface area contributed by atoms with Crippen molar-refractivity contribution < 1.29 is 19.1 Å². The lowest BCUT2D eigenvalue weighted by molar-refractivity contribution is -0.141. The predicted octanol–water partition coefficient (Wildman–Crippen LogP) is 3.59. The molecule has 2 aromatic carbocycles. The van der Waals surface area contributed by atoms with Crippen molar-refractivity contribution in [2.75, 3.05) is 6.61 Å². The Hall–Kier alpha value is -2.88. The summed E-state index contributed by atoms with van der Waals surface area (Å²) >= 11 is 0. The van der Waals surface area contributed by atoms with Crippen molar-refractivity contribution in [3.8, 4) is 5.75 Å². The lowest BCUT2D eigenvalue weighted by Crippen LogP contribution is -2.27. The van der Waals surface area contributed by atoms with Gasteiger partial charge in [0.15, 0.2) is 6.10 Å². The second kappa shape index (κ2) is 6.71. The monoisotopic (exact) mass is 322 g/mol. The SMILES string of the molecule is Cc1ccc(C(=O)[C@@H](C)OC(=O)C2=Cc3ccccc3OC2)cc1. The molecule has 0 saturated carbocycles. The van der Waals surface area contributed by atoms with Gasteiger partial charge in [-0.2, -0.15) is 0 Å². The zero-order chi connectivity index (χ0) is 17.1. The topological polar surface area (TPSA) is 52.6 Å². The van der Waals surface area contributed by atoms with Crippen LogP contribution in [0.2, 0.25) is 0 Å². The lowest BCUT2D eigenvalue weighted by atomic mass is 10.1. The third kappa shape index (κ3) is 3.38. The van der Waals surface area contributed by atoms with E-state index in [1.165, 1.54) is 0 Å². The largest absolute Gasteiger partial charge is 0.488 e. The molecule has 0 bridgehead atoms. The van der Waals surface area contributed by atoms with Crippen LogP contribution in [0.3, 0.4) is 0 Å². The molecule has 0 unspecified atom stereocenters. The Morgan fingerprint density at radius 1 is 1.08 bits per heavy atom. The molecular formula is C20H18O4. The number of aryl methyl sites for hydroxylation is 1. The number of fused-ring (bicyclic) bond motifs is 1. The number of hydrogen-bond donors (Lipinski definition) is 0. The van der Waals surface area contributed by atoms with E-state index in [-0.39, 0.29) is 12.4 Å². The number of para-hydroxylation sites is 1. The molecule has 1 heterocycles. The first-order valence-corrected chi connectivity index (χ1v) is 7.79. The van der Waals surface area contributed by atoms with Gasteiger partial charge in [-0.1, -0.05) is 48.0 Å².